The van der Waals surface area contributed by atoms with Crippen molar-refractivity contribution in [2.24, 2.45) is 0 Å². The van der Waals surface area contributed by atoms with Crippen LogP contribution in [0.1, 0.15) is 37.3 Å². The van der Waals surface area contributed by atoms with E-state index in [9.17, 15) is 18.5 Å². The molecule has 1 aromatic heterocycles. The number of nitriles is 1. The van der Waals surface area contributed by atoms with Gasteiger partial charge in [-0.1, -0.05) is 19.1 Å². The van der Waals surface area contributed by atoms with Gasteiger partial charge in [0.1, 0.15) is 18.1 Å². The Hall–Kier alpha value is -4.71. The Bertz CT molecular complexity index is 1680. The van der Waals surface area contributed by atoms with Crippen LogP contribution in [-0.2, 0) is 21.4 Å². The fourth-order valence-corrected chi connectivity index (χ4v) is 6.85. The maximum Gasteiger partial charge on any atom is 0.275 e. The van der Waals surface area contributed by atoms with Crippen molar-refractivity contribution >= 4 is 27.2 Å². The summed E-state index contributed by atoms with van der Waals surface area (Å²) in [5.74, 6) is 0.747. The van der Waals surface area contributed by atoms with Gasteiger partial charge in [-0.2, -0.15) is 4.31 Å². The van der Waals surface area contributed by atoms with Crippen LogP contribution in [0.4, 0.5) is 5.69 Å². The van der Waals surface area contributed by atoms with Crippen LogP contribution in [0.2, 0.25) is 0 Å². The number of fused-ring (bicyclic) bond motifs is 1. The van der Waals surface area contributed by atoms with Gasteiger partial charge in [0.05, 0.1) is 54.2 Å². The van der Waals surface area contributed by atoms with Gasteiger partial charge in [-0.15, -0.1) is 0 Å². The minimum atomic E-state index is -3.97. The highest BCUT2D eigenvalue weighted by atomic mass is 32.2. The van der Waals surface area contributed by atoms with Gasteiger partial charge in [0.15, 0.2) is 0 Å². The fraction of sp³-hybridized carbons (Fsp3) is 0.290. The second-order valence-corrected chi connectivity index (χ2v) is 11.8. The van der Waals surface area contributed by atoms with Crippen molar-refractivity contribution in [1.82, 2.24) is 9.29 Å². The molecular weight excluding hydrogens is 554 g/mol. The van der Waals surface area contributed by atoms with Crippen molar-refractivity contribution in [2.75, 3.05) is 24.7 Å². The van der Waals surface area contributed by atoms with Gasteiger partial charge in [-0.3, -0.25) is 9.78 Å². The van der Waals surface area contributed by atoms with E-state index < -0.39 is 15.9 Å². The normalized spacial score (nSPS) is 17.8. The average Bonchev–Trinajstić information content (AvgIpc) is 3.60. The maximum atomic E-state index is 13.8. The standard InChI is InChI=1S/C31H29N5O5S/c1-3-16-40-24-10-8-22(9-11-24)20-35-29-13-12-26(17-27(29)30(31(35)37)28(18-32)33-2)42(38,39)36-15-5-6-23(36)21-41-25-7-4-14-34-19-25/h4,7-14,17,19,23H,3,5-6,15-16,20-21H2,1H3/b30-28+/t23-/m0/s1. The van der Waals surface area contributed by atoms with Crippen molar-refractivity contribution in [2.45, 2.75) is 43.7 Å². The van der Waals surface area contributed by atoms with E-state index in [0.717, 1.165) is 17.7 Å². The number of amides is 1. The summed E-state index contributed by atoms with van der Waals surface area (Å²) < 4.78 is 40.5. The van der Waals surface area contributed by atoms with E-state index in [2.05, 4.69) is 9.83 Å². The number of rotatable bonds is 10. The SMILES string of the molecule is [C-]#[N+]/C(C#N)=C1/C(=O)N(Cc2ccc(OCCC)cc2)c2ccc(S(=O)(=O)N3CCC[C@H]3COc3cccnc3)cc21. The van der Waals surface area contributed by atoms with E-state index in [0.29, 0.717) is 37.4 Å². The molecule has 0 spiro atoms. The molecule has 214 valence electrons. The first-order chi connectivity index (χ1) is 20.4. The van der Waals surface area contributed by atoms with Gasteiger partial charge >= 0.3 is 0 Å². The van der Waals surface area contributed by atoms with Crippen LogP contribution in [0.3, 0.4) is 0 Å². The summed E-state index contributed by atoms with van der Waals surface area (Å²) in [6, 6.07) is 16.7. The molecule has 2 aliphatic rings. The van der Waals surface area contributed by atoms with Crippen molar-refractivity contribution in [3.05, 3.63) is 95.2 Å². The summed E-state index contributed by atoms with van der Waals surface area (Å²) in [6.45, 7) is 10.8. The number of carbonyl (C=O) groups is 1. The molecular formula is C31H29N5O5S. The maximum absolute atomic E-state index is 13.8. The monoisotopic (exact) mass is 583 g/mol. The Kier molecular flexibility index (Phi) is 8.53. The summed E-state index contributed by atoms with van der Waals surface area (Å²) >= 11 is 0. The Morgan fingerprint density at radius 3 is 2.67 bits per heavy atom. The topological polar surface area (TPSA) is 117 Å². The van der Waals surface area contributed by atoms with Crippen molar-refractivity contribution in [3.63, 3.8) is 0 Å². The smallest absolute Gasteiger partial charge is 0.275 e. The number of benzene rings is 2. The molecule has 2 aromatic carbocycles. The van der Waals surface area contributed by atoms with Crippen LogP contribution in [-0.4, -0.2) is 49.4 Å². The first-order valence-corrected chi connectivity index (χ1v) is 15.1. The zero-order chi connectivity index (χ0) is 29.7. The number of ether oxygens (including phenoxy) is 2. The zero-order valence-electron chi connectivity index (χ0n) is 23.1. The van der Waals surface area contributed by atoms with Gasteiger partial charge in [0, 0.05) is 18.3 Å². The Labute approximate surface area is 245 Å². The third-order valence-corrected chi connectivity index (χ3v) is 9.13. The van der Waals surface area contributed by atoms with E-state index in [1.165, 1.54) is 21.3 Å². The average molecular weight is 584 g/mol. The first kappa shape index (κ1) is 28.8. The summed E-state index contributed by atoms with van der Waals surface area (Å²) in [7, 11) is -3.97. The summed E-state index contributed by atoms with van der Waals surface area (Å²) in [4.78, 5) is 22.3. The molecule has 3 heterocycles. The van der Waals surface area contributed by atoms with Crippen LogP contribution < -0.4 is 14.4 Å². The summed E-state index contributed by atoms with van der Waals surface area (Å²) in [5.41, 5.74) is 1.02. The second kappa shape index (κ2) is 12.4. The molecule has 0 radical (unpaired) electrons. The number of sulfonamides is 1. The van der Waals surface area contributed by atoms with Crippen LogP contribution in [0, 0.1) is 17.9 Å². The molecule has 0 bridgehead atoms. The molecule has 0 unspecified atom stereocenters. The van der Waals surface area contributed by atoms with E-state index in [1.807, 2.05) is 37.3 Å². The highest BCUT2D eigenvalue weighted by Crippen LogP contribution is 2.42. The molecule has 2 aliphatic heterocycles. The molecule has 10 nitrogen and oxygen atoms in total. The highest BCUT2D eigenvalue weighted by Gasteiger charge is 2.39. The van der Waals surface area contributed by atoms with Gasteiger partial charge in [-0.25, -0.2) is 18.5 Å². The lowest BCUT2D eigenvalue weighted by atomic mass is 10.1. The van der Waals surface area contributed by atoms with Crippen LogP contribution in [0.5, 0.6) is 11.5 Å². The molecule has 1 fully saturated rings. The molecule has 3 aromatic rings. The lowest BCUT2D eigenvalue weighted by molar-refractivity contribution is -0.113. The van der Waals surface area contributed by atoms with Crippen LogP contribution in [0.15, 0.2) is 77.6 Å². The Balaban J connectivity index is 1.45. The van der Waals surface area contributed by atoms with E-state index >= 15 is 0 Å². The van der Waals surface area contributed by atoms with E-state index in [4.69, 9.17) is 16.0 Å². The van der Waals surface area contributed by atoms with E-state index in [1.54, 1.807) is 30.6 Å². The number of allylic oxidation sites excluding steroid dienone is 1. The molecule has 1 saturated heterocycles. The van der Waals surface area contributed by atoms with Gasteiger partial charge in [0.2, 0.25) is 15.9 Å². The molecule has 0 N–H and O–H groups in total. The quantitative estimate of drug-likeness (QED) is 0.191. The largest absolute Gasteiger partial charge is 0.494 e. The summed E-state index contributed by atoms with van der Waals surface area (Å²) in [5, 5.41) is 9.65. The summed E-state index contributed by atoms with van der Waals surface area (Å²) in [6.07, 6.45) is 5.41. The predicted molar refractivity (Wildman–Crippen MR) is 156 cm³/mol. The minimum absolute atomic E-state index is 0.0126. The molecule has 5 rings (SSSR count). The third-order valence-electron chi connectivity index (χ3n) is 7.19. The van der Waals surface area contributed by atoms with Gasteiger partial charge in [0.25, 0.3) is 5.70 Å². The molecule has 0 aliphatic carbocycles. The van der Waals surface area contributed by atoms with E-state index in [-0.39, 0.29) is 40.9 Å². The number of pyridine rings is 1. The van der Waals surface area contributed by atoms with Gasteiger partial charge < -0.3 is 14.4 Å². The van der Waals surface area contributed by atoms with Gasteiger partial charge in [-0.05, 0) is 67.3 Å². The molecule has 11 heteroatoms. The fourth-order valence-electron chi connectivity index (χ4n) is 5.14. The highest BCUT2D eigenvalue weighted by molar-refractivity contribution is 7.89. The van der Waals surface area contributed by atoms with Crippen molar-refractivity contribution in [3.8, 4) is 17.6 Å². The van der Waals surface area contributed by atoms with Crippen molar-refractivity contribution < 1.29 is 22.7 Å². The minimum Gasteiger partial charge on any atom is -0.494 e. The third kappa shape index (κ3) is 5.70. The molecule has 42 heavy (non-hydrogen) atoms. The Morgan fingerprint density at radius 2 is 1.98 bits per heavy atom. The number of nitrogens with zero attached hydrogens (tertiary/aromatic N) is 5. The van der Waals surface area contributed by atoms with Crippen molar-refractivity contribution in [1.29, 1.82) is 5.26 Å². The zero-order valence-corrected chi connectivity index (χ0v) is 23.9. The number of aromatic nitrogens is 1. The lowest BCUT2D eigenvalue weighted by Crippen LogP contribution is -2.39. The molecule has 1 atom stereocenters. The number of hydrogen-bond donors (Lipinski definition) is 0. The lowest BCUT2D eigenvalue weighted by Gasteiger charge is -2.24. The molecule has 1 amide bonds. The van der Waals surface area contributed by atoms with Crippen LogP contribution >= 0.6 is 0 Å². The molecule has 0 saturated carbocycles. The Morgan fingerprint density at radius 1 is 1.17 bits per heavy atom. The number of anilines is 1. The number of hydrogen-bond acceptors (Lipinski definition) is 7. The van der Waals surface area contributed by atoms with Crippen LogP contribution in [0.25, 0.3) is 10.4 Å². The number of carbonyl (C=O) groups excluding carboxylic acids is 1. The first-order valence-electron chi connectivity index (χ1n) is 13.6. The predicted octanol–water partition coefficient (Wildman–Crippen LogP) is 4.80. The second-order valence-electron chi connectivity index (χ2n) is 9.92.